The van der Waals surface area contributed by atoms with Crippen molar-refractivity contribution in [3.8, 4) is 22.6 Å². The van der Waals surface area contributed by atoms with Crippen LogP contribution in [0.1, 0.15) is 30.9 Å². The molecule has 0 aliphatic carbocycles. The molecule has 0 unspecified atom stereocenters. The summed E-state index contributed by atoms with van der Waals surface area (Å²) in [5, 5.41) is 0. The molecule has 0 atom stereocenters. The van der Waals surface area contributed by atoms with Gasteiger partial charge in [-0.3, -0.25) is 0 Å². The van der Waals surface area contributed by atoms with Crippen LogP contribution in [0.5, 0.6) is 11.5 Å². The minimum Gasteiger partial charge on any atom is -0.497 e. The topological polar surface area (TPSA) is 18.5 Å². The molecule has 0 fully saturated rings. The Labute approximate surface area is 121 Å². The quantitative estimate of drug-likeness (QED) is 0.794. The van der Waals surface area contributed by atoms with Gasteiger partial charge >= 0.3 is 0 Å². The van der Waals surface area contributed by atoms with Crippen LogP contribution < -0.4 is 9.47 Å². The molecule has 20 heavy (non-hydrogen) atoms. The van der Waals surface area contributed by atoms with E-state index in [0.717, 1.165) is 11.5 Å². The zero-order valence-electron chi connectivity index (χ0n) is 12.9. The third kappa shape index (κ3) is 2.79. The van der Waals surface area contributed by atoms with Gasteiger partial charge in [0.05, 0.1) is 14.2 Å². The van der Waals surface area contributed by atoms with Crippen LogP contribution in [0.25, 0.3) is 11.1 Å². The maximum atomic E-state index is 5.38. The molecule has 0 spiro atoms. The smallest absolute Gasteiger partial charge is 0.119 e. The van der Waals surface area contributed by atoms with Crippen LogP contribution in [0.3, 0.4) is 0 Å². The van der Waals surface area contributed by atoms with Gasteiger partial charge in [0.25, 0.3) is 0 Å². The first-order valence-electron chi connectivity index (χ1n) is 6.89. The molecule has 0 N–H and O–H groups in total. The maximum Gasteiger partial charge on any atom is 0.119 e. The van der Waals surface area contributed by atoms with Crippen LogP contribution in [0.4, 0.5) is 0 Å². The zero-order chi connectivity index (χ0) is 14.7. The summed E-state index contributed by atoms with van der Waals surface area (Å²) in [6.07, 6.45) is 0. The molecule has 0 aliphatic heterocycles. The van der Waals surface area contributed by atoms with Crippen molar-refractivity contribution in [3.63, 3.8) is 0 Å². The van der Waals surface area contributed by atoms with Gasteiger partial charge in [-0.05, 0) is 59.4 Å². The van der Waals surface area contributed by atoms with Gasteiger partial charge < -0.3 is 9.47 Å². The molecule has 0 heterocycles. The number of ether oxygens (including phenoxy) is 2. The van der Waals surface area contributed by atoms with Crippen molar-refractivity contribution in [2.75, 3.05) is 14.2 Å². The van der Waals surface area contributed by atoms with Crippen LogP contribution in [0, 0.1) is 6.92 Å². The second kappa shape index (κ2) is 6.00. The number of rotatable bonds is 4. The van der Waals surface area contributed by atoms with Gasteiger partial charge in [-0.25, -0.2) is 0 Å². The highest BCUT2D eigenvalue weighted by Gasteiger charge is 2.12. The highest BCUT2D eigenvalue weighted by atomic mass is 16.5. The van der Waals surface area contributed by atoms with Gasteiger partial charge in [-0.1, -0.05) is 26.0 Å². The van der Waals surface area contributed by atoms with E-state index < -0.39 is 0 Å². The van der Waals surface area contributed by atoms with E-state index in [0.29, 0.717) is 5.92 Å². The highest BCUT2D eigenvalue weighted by molar-refractivity contribution is 5.73. The van der Waals surface area contributed by atoms with E-state index in [9.17, 15) is 0 Å². The molecule has 0 radical (unpaired) electrons. The highest BCUT2D eigenvalue weighted by Crippen LogP contribution is 2.35. The minimum atomic E-state index is 0.460. The maximum absolute atomic E-state index is 5.38. The minimum absolute atomic E-state index is 0.460. The summed E-state index contributed by atoms with van der Waals surface area (Å²) in [4.78, 5) is 0. The van der Waals surface area contributed by atoms with E-state index in [-0.39, 0.29) is 0 Å². The molecule has 106 valence electrons. The molecule has 2 nitrogen and oxygen atoms in total. The van der Waals surface area contributed by atoms with E-state index >= 15 is 0 Å². The van der Waals surface area contributed by atoms with Crippen LogP contribution in [0.15, 0.2) is 36.4 Å². The van der Waals surface area contributed by atoms with Crippen molar-refractivity contribution >= 4 is 0 Å². The summed E-state index contributed by atoms with van der Waals surface area (Å²) in [6.45, 7) is 6.54. The first kappa shape index (κ1) is 14.4. The fraction of sp³-hybridized carbons (Fsp3) is 0.333. The lowest BCUT2D eigenvalue weighted by atomic mass is 9.90. The molecule has 2 rings (SSSR count). The number of aryl methyl sites for hydroxylation is 1. The number of methoxy groups -OCH3 is 2. The summed E-state index contributed by atoms with van der Waals surface area (Å²) in [5.74, 6) is 2.22. The zero-order valence-corrected chi connectivity index (χ0v) is 12.9. The first-order valence-corrected chi connectivity index (χ1v) is 6.89. The lowest BCUT2D eigenvalue weighted by Gasteiger charge is -2.17. The molecular formula is C18H22O2. The second-order valence-corrected chi connectivity index (χ2v) is 5.29. The molecule has 0 saturated carbocycles. The lowest BCUT2D eigenvalue weighted by Crippen LogP contribution is -1.96. The Hall–Kier alpha value is -1.96. The van der Waals surface area contributed by atoms with Crippen molar-refractivity contribution in [1.82, 2.24) is 0 Å². The summed E-state index contributed by atoms with van der Waals surface area (Å²) in [6, 6.07) is 12.5. The molecular weight excluding hydrogens is 248 g/mol. The summed E-state index contributed by atoms with van der Waals surface area (Å²) in [5.41, 5.74) is 4.98. The Morgan fingerprint density at radius 1 is 0.800 bits per heavy atom. The normalized spacial score (nSPS) is 10.7. The Balaban J connectivity index is 2.66. The van der Waals surface area contributed by atoms with Crippen LogP contribution in [0.2, 0.25) is 0 Å². The summed E-state index contributed by atoms with van der Waals surface area (Å²) in [7, 11) is 3.40. The van der Waals surface area contributed by atoms with Crippen molar-refractivity contribution < 1.29 is 9.47 Å². The molecule has 0 amide bonds. The molecule has 0 saturated heterocycles. The van der Waals surface area contributed by atoms with Crippen molar-refractivity contribution in [2.45, 2.75) is 26.7 Å². The molecule has 0 aromatic heterocycles. The van der Waals surface area contributed by atoms with Gasteiger partial charge in [0.1, 0.15) is 11.5 Å². The van der Waals surface area contributed by atoms with E-state index in [1.807, 2.05) is 12.1 Å². The number of hydrogen-bond donors (Lipinski definition) is 0. The molecule has 2 heteroatoms. The van der Waals surface area contributed by atoms with Gasteiger partial charge in [-0.2, -0.15) is 0 Å². The van der Waals surface area contributed by atoms with E-state index in [1.165, 1.54) is 22.3 Å². The second-order valence-electron chi connectivity index (χ2n) is 5.29. The van der Waals surface area contributed by atoms with Crippen LogP contribution >= 0.6 is 0 Å². The van der Waals surface area contributed by atoms with E-state index in [1.54, 1.807) is 14.2 Å². The Kier molecular flexibility index (Phi) is 4.33. The monoisotopic (exact) mass is 270 g/mol. The Morgan fingerprint density at radius 2 is 1.35 bits per heavy atom. The van der Waals surface area contributed by atoms with Crippen LogP contribution in [-0.4, -0.2) is 14.2 Å². The fourth-order valence-corrected chi connectivity index (χ4v) is 2.42. The molecule has 2 aromatic carbocycles. The average Bonchev–Trinajstić information content (AvgIpc) is 2.47. The van der Waals surface area contributed by atoms with Crippen molar-refractivity contribution in [2.24, 2.45) is 0 Å². The van der Waals surface area contributed by atoms with Gasteiger partial charge in [0.15, 0.2) is 0 Å². The lowest BCUT2D eigenvalue weighted by molar-refractivity contribution is 0.414. The summed E-state index contributed by atoms with van der Waals surface area (Å²) >= 11 is 0. The molecule has 0 bridgehead atoms. The fourth-order valence-electron chi connectivity index (χ4n) is 2.42. The first-order chi connectivity index (χ1) is 9.56. The third-order valence-corrected chi connectivity index (χ3v) is 3.62. The summed E-state index contributed by atoms with van der Waals surface area (Å²) < 4.78 is 10.7. The largest absolute Gasteiger partial charge is 0.497 e. The van der Waals surface area contributed by atoms with Crippen LogP contribution in [-0.2, 0) is 0 Å². The van der Waals surface area contributed by atoms with Gasteiger partial charge in [0.2, 0.25) is 0 Å². The SMILES string of the molecule is COc1ccc(C)c(-c2cc(OC)ccc2C(C)C)c1. The number of benzene rings is 2. The standard InChI is InChI=1S/C18H22O2/c1-12(2)16-9-8-15(20-5)11-18(16)17-10-14(19-4)7-6-13(17)3/h6-12H,1-5H3. The molecule has 0 aliphatic rings. The van der Waals surface area contributed by atoms with Crippen molar-refractivity contribution in [3.05, 3.63) is 47.5 Å². The average molecular weight is 270 g/mol. The van der Waals surface area contributed by atoms with Gasteiger partial charge in [-0.15, -0.1) is 0 Å². The van der Waals surface area contributed by atoms with E-state index in [4.69, 9.17) is 9.47 Å². The van der Waals surface area contributed by atoms with Gasteiger partial charge in [0, 0.05) is 0 Å². The number of hydrogen-bond acceptors (Lipinski definition) is 2. The Morgan fingerprint density at radius 3 is 1.90 bits per heavy atom. The molecule has 2 aromatic rings. The third-order valence-electron chi connectivity index (χ3n) is 3.62. The van der Waals surface area contributed by atoms with E-state index in [2.05, 4.69) is 45.0 Å². The Bertz CT molecular complexity index is 600. The predicted molar refractivity (Wildman–Crippen MR) is 83.8 cm³/mol. The van der Waals surface area contributed by atoms with Crippen molar-refractivity contribution in [1.29, 1.82) is 0 Å². The predicted octanol–water partition coefficient (Wildman–Crippen LogP) is 4.80.